The van der Waals surface area contributed by atoms with Crippen LogP contribution in [-0.4, -0.2) is 21.6 Å². The Morgan fingerprint density at radius 1 is 1.18 bits per heavy atom. The molecule has 170 valence electrons. The van der Waals surface area contributed by atoms with Crippen molar-refractivity contribution in [1.29, 1.82) is 0 Å². The lowest BCUT2D eigenvalue weighted by Crippen LogP contribution is -2.26. The molecule has 4 aromatic rings. The molecule has 0 bridgehead atoms. The molecule has 0 spiro atoms. The van der Waals surface area contributed by atoms with Crippen molar-refractivity contribution in [3.05, 3.63) is 74.6 Å². The SMILES string of the molecule is CC(NC(=O)CCSCc1nc2sc3c(c2c(=O)[nH]1)CCCC3)c1ccc2ccccc2c1. The standard InChI is InChI=1S/C26H27N3O2S2/c1-16(18-11-10-17-6-2-3-7-19(17)14-18)27-23(30)12-13-32-15-22-28-25(31)24-20-8-4-5-9-21(20)33-26(24)29-22/h2-3,6-7,10-11,14,16H,4-5,8-9,12-13,15H2,1H3,(H,27,30)(H,28,29,31). The van der Waals surface area contributed by atoms with E-state index in [0.29, 0.717) is 23.8 Å². The van der Waals surface area contributed by atoms with E-state index in [1.165, 1.54) is 27.6 Å². The number of nitrogens with zero attached hydrogens (tertiary/aromatic N) is 1. The van der Waals surface area contributed by atoms with E-state index in [0.717, 1.165) is 35.0 Å². The number of carbonyl (C=O) groups is 1. The van der Waals surface area contributed by atoms with E-state index >= 15 is 0 Å². The van der Waals surface area contributed by atoms with Crippen LogP contribution >= 0.6 is 23.1 Å². The number of rotatable bonds is 7. The van der Waals surface area contributed by atoms with Crippen LogP contribution in [-0.2, 0) is 23.4 Å². The molecule has 2 aromatic heterocycles. The van der Waals surface area contributed by atoms with Crippen molar-refractivity contribution in [2.45, 2.75) is 50.8 Å². The molecule has 0 fully saturated rings. The topological polar surface area (TPSA) is 74.8 Å². The number of H-pyrrole nitrogens is 1. The third kappa shape index (κ3) is 4.84. The molecule has 5 nitrogen and oxygen atoms in total. The minimum absolute atomic E-state index is 0.0167. The second-order valence-corrected chi connectivity index (χ2v) is 10.8. The maximum absolute atomic E-state index is 12.6. The molecular weight excluding hydrogens is 450 g/mol. The third-order valence-corrected chi connectivity index (χ3v) is 8.39. The van der Waals surface area contributed by atoms with Gasteiger partial charge in [-0.1, -0.05) is 36.4 Å². The highest BCUT2D eigenvalue weighted by Crippen LogP contribution is 2.33. The van der Waals surface area contributed by atoms with Crippen LogP contribution in [0.1, 0.15) is 54.1 Å². The number of aromatic amines is 1. The summed E-state index contributed by atoms with van der Waals surface area (Å²) in [6.45, 7) is 2.01. The van der Waals surface area contributed by atoms with Crippen LogP contribution in [0.25, 0.3) is 21.0 Å². The number of thiophene rings is 1. The zero-order valence-corrected chi connectivity index (χ0v) is 20.3. The smallest absolute Gasteiger partial charge is 0.259 e. The molecule has 0 saturated carbocycles. The van der Waals surface area contributed by atoms with Crippen LogP contribution in [0, 0.1) is 0 Å². The normalized spacial score (nSPS) is 14.3. The molecule has 1 aliphatic rings. The molecule has 7 heteroatoms. The maximum atomic E-state index is 12.6. The highest BCUT2D eigenvalue weighted by molar-refractivity contribution is 7.98. The van der Waals surface area contributed by atoms with Gasteiger partial charge in [-0.25, -0.2) is 4.98 Å². The number of benzene rings is 2. The van der Waals surface area contributed by atoms with Gasteiger partial charge in [0.25, 0.3) is 5.56 Å². The summed E-state index contributed by atoms with van der Waals surface area (Å²) in [7, 11) is 0. The Balaban J connectivity index is 1.14. The fourth-order valence-electron chi connectivity index (χ4n) is 4.48. The van der Waals surface area contributed by atoms with Gasteiger partial charge in [0.05, 0.1) is 17.2 Å². The van der Waals surface area contributed by atoms with Gasteiger partial charge in [0, 0.05) is 17.1 Å². The van der Waals surface area contributed by atoms with Gasteiger partial charge in [0.1, 0.15) is 10.7 Å². The van der Waals surface area contributed by atoms with E-state index in [2.05, 4.69) is 40.6 Å². The van der Waals surface area contributed by atoms with Crippen molar-refractivity contribution in [2.75, 3.05) is 5.75 Å². The maximum Gasteiger partial charge on any atom is 0.259 e. The van der Waals surface area contributed by atoms with Gasteiger partial charge in [-0.05, 0) is 60.6 Å². The molecule has 0 saturated heterocycles. The van der Waals surface area contributed by atoms with Crippen LogP contribution in [0.15, 0.2) is 47.3 Å². The Morgan fingerprint density at radius 3 is 2.88 bits per heavy atom. The zero-order chi connectivity index (χ0) is 22.8. The van der Waals surface area contributed by atoms with E-state index < -0.39 is 0 Å². The monoisotopic (exact) mass is 477 g/mol. The van der Waals surface area contributed by atoms with Crippen LogP contribution in [0.5, 0.6) is 0 Å². The van der Waals surface area contributed by atoms with E-state index in [4.69, 9.17) is 4.98 Å². The zero-order valence-electron chi connectivity index (χ0n) is 18.6. The van der Waals surface area contributed by atoms with Gasteiger partial charge >= 0.3 is 0 Å². The number of carbonyl (C=O) groups excluding carboxylic acids is 1. The summed E-state index contributed by atoms with van der Waals surface area (Å²) in [4.78, 5) is 35.0. The molecule has 1 unspecified atom stereocenters. The summed E-state index contributed by atoms with van der Waals surface area (Å²) in [5, 5.41) is 6.27. The minimum atomic E-state index is -0.0441. The van der Waals surface area contributed by atoms with Crippen LogP contribution in [0.3, 0.4) is 0 Å². The lowest BCUT2D eigenvalue weighted by Gasteiger charge is -2.15. The molecule has 0 aliphatic heterocycles. The lowest BCUT2D eigenvalue weighted by atomic mass is 9.97. The van der Waals surface area contributed by atoms with Gasteiger partial charge in [-0.3, -0.25) is 9.59 Å². The first kappa shape index (κ1) is 22.2. The molecular formula is C26H27N3O2S2. The first-order valence-corrected chi connectivity index (χ1v) is 13.4. The highest BCUT2D eigenvalue weighted by Gasteiger charge is 2.19. The lowest BCUT2D eigenvalue weighted by molar-refractivity contribution is -0.121. The second kappa shape index (κ2) is 9.69. The number of fused-ring (bicyclic) bond motifs is 4. The van der Waals surface area contributed by atoms with E-state index in [1.807, 2.05) is 19.1 Å². The van der Waals surface area contributed by atoms with Crippen molar-refractivity contribution >= 4 is 50.0 Å². The Kier molecular flexibility index (Phi) is 6.51. The summed E-state index contributed by atoms with van der Waals surface area (Å²) in [6.07, 6.45) is 4.83. The van der Waals surface area contributed by atoms with Crippen LogP contribution < -0.4 is 10.9 Å². The average molecular weight is 478 g/mol. The molecule has 2 heterocycles. The Bertz CT molecular complexity index is 1380. The quantitative estimate of drug-likeness (QED) is 0.344. The largest absolute Gasteiger partial charge is 0.350 e. The number of hydrogen-bond acceptors (Lipinski definition) is 5. The molecule has 2 aromatic carbocycles. The molecule has 2 N–H and O–H groups in total. The number of thioether (sulfide) groups is 1. The number of aromatic nitrogens is 2. The average Bonchev–Trinajstić information content (AvgIpc) is 3.20. The number of nitrogens with one attached hydrogen (secondary N) is 2. The minimum Gasteiger partial charge on any atom is -0.350 e. The molecule has 1 aliphatic carbocycles. The van der Waals surface area contributed by atoms with Crippen molar-refractivity contribution in [1.82, 2.24) is 15.3 Å². The van der Waals surface area contributed by atoms with Gasteiger partial charge in [0.2, 0.25) is 5.91 Å². The Labute approximate surface area is 201 Å². The Morgan fingerprint density at radius 2 is 2.00 bits per heavy atom. The fourth-order valence-corrected chi connectivity index (χ4v) is 6.57. The van der Waals surface area contributed by atoms with E-state index in [-0.39, 0.29) is 17.5 Å². The van der Waals surface area contributed by atoms with E-state index in [9.17, 15) is 9.59 Å². The van der Waals surface area contributed by atoms with Gasteiger partial charge < -0.3 is 10.3 Å². The number of hydrogen-bond donors (Lipinski definition) is 2. The van der Waals surface area contributed by atoms with Crippen molar-refractivity contribution in [3.8, 4) is 0 Å². The summed E-state index contributed by atoms with van der Waals surface area (Å²) in [5.74, 6) is 2.01. The number of amides is 1. The molecule has 5 rings (SSSR count). The third-order valence-electron chi connectivity index (χ3n) is 6.24. The summed E-state index contributed by atoms with van der Waals surface area (Å²) >= 11 is 3.30. The summed E-state index contributed by atoms with van der Waals surface area (Å²) < 4.78 is 0. The molecule has 33 heavy (non-hydrogen) atoms. The first-order chi connectivity index (χ1) is 16.1. The van der Waals surface area contributed by atoms with Crippen molar-refractivity contribution in [2.24, 2.45) is 0 Å². The first-order valence-electron chi connectivity index (χ1n) is 11.5. The highest BCUT2D eigenvalue weighted by atomic mass is 32.2. The second-order valence-electron chi connectivity index (χ2n) is 8.60. The molecule has 0 radical (unpaired) electrons. The predicted molar refractivity (Wildman–Crippen MR) is 138 cm³/mol. The van der Waals surface area contributed by atoms with E-state index in [1.54, 1.807) is 23.1 Å². The summed E-state index contributed by atoms with van der Waals surface area (Å²) in [6, 6.07) is 14.5. The van der Waals surface area contributed by atoms with Crippen molar-refractivity contribution in [3.63, 3.8) is 0 Å². The van der Waals surface area contributed by atoms with Crippen LogP contribution in [0.4, 0.5) is 0 Å². The Hall–Kier alpha value is -2.64. The predicted octanol–water partition coefficient (Wildman–Crippen LogP) is 5.52. The van der Waals surface area contributed by atoms with Gasteiger partial charge in [-0.15, -0.1) is 11.3 Å². The van der Waals surface area contributed by atoms with Crippen molar-refractivity contribution < 1.29 is 4.79 Å². The molecule has 1 amide bonds. The van der Waals surface area contributed by atoms with Gasteiger partial charge in [-0.2, -0.15) is 11.8 Å². The van der Waals surface area contributed by atoms with Gasteiger partial charge in [0.15, 0.2) is 0 Å². The van der Waals surface area contributed by atoms with Crippen LogP contribution in [0.2, 0.25) is 0 Å². The fraction of sp³-hybridized carbons (Fsp3) is 0.346. The summed E-state index contributed by atoms with van der Waals surface area (Å²) in [5.41, 5.74) is 2.30. The number of aryl methyl sites for hydroxylation is 2. The molecule has 1 atom stereocenters.